The van der Waals surface area contributed by atoms with Crippen LogP contribution in [0.15, 0.2) is 0 Å². The number of esters is 1. The highest BCUT2D eigenvalue weighted by atomic mass is 32.2. The van der Waals surface area contributed by atoms with Gasteiger partial charge in [0.2, 0.25) is 0 Å². The number of nitrogens with zero attached hydrogens (tertiary/aromatic N) is 1. The summed E-state index contributed by atoms with van der Waals surface area (Å²) in [7, 11) is 2.01. The molecule has 0 aromatic carbocycles. The first kappa shape index (κ1) is 15.8. The summed E-state index contributed by atoms with van der Waals surface area (Å²) in [4.78, 5) is 13.9. The molecule has 0 amide bonds. The SMILES string of the molecule is CCOC(=O)C(CC)N(C)C(C)CCSC. The highest BCUT2D eigenvalue weighted by molar-refractivity contribution is 7.98. The number of carbonyl (C=O) groups is 1. The van der Waals surface area contributed by atoms with E-state index < -0.39 is 0 Å². The average Bonchev–Trinajstić information content (AvgIpc) is 2.27. The molecule has 0 aromatic rings. The topological polar surface area (TPSA) is 29.5 Å². The number of hydrogen-bond donors (Lipinski definition) is 0. The van der Waals surface area contributed by atoms with Gasteiger partial charge in [-0.1, -0.05) is 6.92 Å². The van der Waals surface area contributed by atoms with Crippen LogP contribution in [0.1, 0.15) is 33.6 Å². The molecule has 3 nitrogen and oxygen atoms in total. The molecule has 0 aromatic heterocycles. The van der Waals surface area contributed by atoms with E-state index in [2.05, 4.69) is 18.1 Å². The van der Waals surface area contributed by atoms with E-state index in [0.29, 0.717) is 12.6 Å². The number of hydrogen-bond acceptors (Lipinski definition) is 4. The van der Waals surface area contributed by atoms with Gasteiger partial charge in [0, 0.05) is 6.04 Å². The Morgan fingerprint density at radius 1 is 1.44 bits per heavy atom. The lowest BCUT2D eigenvalue weighted by Crippen LogP contribution is -2.44. The molecule has 96 valence electrons. The van der Waals surface area contributed by atoms with Crippen molar-refractivity contribution in [1.29, 1.82) is 0 Å². The summed E-state index contributed by atoms with van der Waals surface area (Å²) < 4.78 is 5.08. The number of likely N-dealkylation sites (N-methyl/N-ethyl adjacent to an activating group) is 1. The van der Waals surface area contributed by atoms with Crippen LogP contribution in [-0.4, -0.2) is 48.6 Å². The second-order valence-electron chi connectivity index (χ2n) is 3.97. The predicted molar refractivity (Wildman–Crippen MR) is 70.9 cm³/mol. The normalized spacial score (nSPS) is 14.9. The van der Waals surface area contributed by atoms with Gasteiger partial charge in [-0.25, -0.2) is 0 Å². The summed E-state index contributed by atoms with van der Waals surface area (Å²) in [5.41, 5.74) is 0. The maximum atomic E-state index is 11.7. The molecule has 0 aliphatic carbocycles. The lowest BCUT2D eigenvalue weighted by molar-refractivity contribution is -0.150. The number of carbonyl (C=O) groups excluding carboxylic acids is 1. The third-order valence-electron chi connectivity index (χ3n) is 2.87. The minimum atomic E-state index is -0.100. The summed E-state index contributed by atoms with van der Waals surface area (Å²) in [6.45, 7) is 6.50. The predicted octanol–water partition coefficient (Wildman–Crippen LogP) is 2.40. The molecule has 0 aliphatic rings. The van der Waals surface area contributed by atoms with Crippen LogP contribution in [-0.2, 0) is 9.53 Å². The lowest BCUT2D eigenvalue weighted by Gasteiger charge is -2.30. The molecule has 0 rings (SSSR count). The second kappa shape index (κ2) is 8.88. The number of thioether (sulfide) groups is 1. The molecule has 0 radical (unpaired) electrons. The molecular formula is C12H25NO2S. The van der Waals surface area contributed by atoms with Crippen molar-refractivity contribution in [2.75, 3.05) is 25.7 Å². The Balaban J connectivity index is 4.27. The molecule has 0 spiro atoms. The minimum Gasteiger partial charge on any atom is -0.465 e. The first-order valence-electron chi connectivity index (χ1n) is 5.95. The molecular weight excluding hydrogens is 222 g/mol. The summed E-state index contributed by atoms with van der Waals surface area (Å²) in [5.74, 6) is 1.04. The monoisotopic (exact) mass is 247 g/mol. The van der Waals surface area contributed by atoms with Gasteiger partial charge >= 0.3 is 5.97 Å². The molecule has 2 atom stereocenters. The van der Waals surface area contributed by atoms with E-state index in [1.807, 2.05) is 32.7 Å². The molecule has 0 heterocycles. The van der Waals surface area contributed by atoms with Crippen molar-refractivity contribution in [1.82, 2.24) is 4.90 Å². The van der Waals surface area contributed by atoms with Gasteiger partial charge in [0.1, 0.15) is 6.04 Å². The van der Waals surface area contributed by atoms with Gasteiger partial charge in [0.15, 0.2) is 0 Å². The summed E-state index contributed by atoms with van der Waals surface area (Å²) in [6, 6.07) is 0.318. The fourth-order valence-corrected chi connectivity index (χ4v) is 2.24. The van der Waals surface area contributed by atoms with E-state index >= 15 is 0 Å². The highest BCUT2D eigenvalue weighted by Gasteiger charge is 2.25. The molecule has 0 aliphatic heterocycles. The van der Waals surface area contributed by atoms with Gasteiger partial charge in [-0.3, -0.25) is 9.69 Å². The number of ether oxygens (including phenoxy) is 1. The van der Waals surface area contributed by atoms with Gasteiger partial charge in [0.05, 0.1) is 6.61 Å². The van der Waals surface area contributed by atoms with Crippen LogP contribution >= 0.6 is 11.8 Å². The minimum absolute atomic E-state index is 0.0940. The molecule has 4 heteroatoms. The van der Waals surface area contributed by atoms with E-state index in [0.717, 1.165) is 18.6 Å². The van der Waals surface area contributed by atoms with Crippen LogP contribution < -0.4 is 0 Å². The zero-order valence-corrected chi connectivity index (χ0v) is 12.0. The lowest BCUT2D eigenvalue weighted by atomic mass is 10.1. The van der Waals surface area contributed by atoms with Crippen molar-refractivity contribution in [2.24, 2.45) is 0 Å². The Morgan fingerprint density at radius 3 is 2.50 bits per heavy atom. The van der Waals surface area contributed by atoms with Crippen LogP contribution in [0.5, 0.6) is 0 Å². The standard InChI is InChI=1S/C12H25NO2S/c1-6-11(12(14)15-7-2)13(4)10(3)8-9-16-5/h10-11H,6-9H2,1-5H3. The first-order valence-corrected chi connectivity index (χ1v) is 7.35. The maximum Gasteiger partial charge on any atom is 0.323 e. The van der Waals surface area contributed by atoms with Gasteiger partial charge < -0.3 is 4.74 Å². The van der Waals surface area contributed by atoms with Crippen molar-refractivity contribution >= 4 is 17.7 Å². The van der Waals surface area contributed by atoms with Gasteiger partial charge in [-0.2, -0.15) is 11.8 Å². The second-order valence-corrected chi connectivity index (χ2v) is 4.96. The largest absolute Gasteiger partial charge is 0.465 e. The molecule has 16 heavy (non-hydrogen) atoms. The molecule has 0 fully saturated rings. The number of rotatable bonds is 8. The van der Waals surface area contributed by atoms with Crippen molar-refractivity contribution < 1.29 is 9.53 Å². The fraction of sp³-hybridized carbons (Fsp3) is 0.917. The van der Waals surface area contributed by atoms with Crippen molar-refractivity contribution in [3.8, 4) is 0 Å². The van der Waals surface area contributed by atoms with Gasteiger partial charge in [-0.15, -0.1) is 0 Å². The maximum absolute atomic E-state index is 11.7. The molecule has 0 saturated heterocycles. The smallest absolute Gasteiger partial charge is 0.323 e. The van der Waals surface area contributed by atoms with Gasteiger partial charge in [-0.05, 0) is 45.7 Å². The first-order chi connectivity index (χ1) is 7.58. The van der Waals surface area contributed by atoms with E-state index in [9.17, 15) is 4.79 Å². The third-order valence-corrected chi connectivity index (χ3v) is 3.52. The molecule has 2 unspecified atom stereocenters. The zero-order chi connectivity index (χ0) is 12.6. The van der Waals surface area contributed by atoms with Crippen LogP contribution in [0.4, 0.5) is 0 Å². The average molecular weight is 247 g/mol. The molecule has 0 N–H and O–H groups in total. The Bertz CT molecular complexity index is 199. The summed E-state index contributed by atoms with van der Waals surface area (Å²) >= 11 is 1.84. The summed E-state index contributed by atoms with van der Waals surface area (Å²) in [6.07, 6.45) is 4.02. The van der Waals surface area contributed by atoms with Crippen molar-refractivity contribution in [3.63, 3.8) is 0 Å². The fourth-order valence-electron chi connectivity index (χ4n) is 1.66. The Morgan fingerprint density at radius 2 is 2.06 bits per heavy atom. The third kappa shape index (κ3) is 5.21. The van der Waals surface area contributed by atoms with E-state index in [-0.39, 0.29) is 12.0 Å². The Hall–Kier alpha value is -0.220. The van der Waals surface area contributed by atoms with Crippen LogP contribution in [0, 0.1) is 0 Å². The van der Waals surface area contributed by atoms with Gasteiger partial charge in [0.25, 0.3) is 0 Å². The van der Waals surface area contributed by atoms with Crippen LogP contribution in [0.2, 0.25) is 0 Å². The van der Waals surface area contributed by atoms with Crippen molar-refractivity contribution in [2.45, 2.75) is 45.7 Å². The highest BCUT2D eigenvalue weighted by Crippen LogP contribution is 2.12. The molecule has 0 saturated carbocycles. The Kier molecular flexibility index (Phi) is 8.76. The quantitative estimate of drug-likeness (QED) is 0.616. The molecule has 0 bridgehead atoms. The van der Waals surface area contributed by atoms with E-state index in [1.54, 1.807) is 0 Å². The van der Waals surface area contributed by atoms with E-state index in [1.165, 1.54) is 0 Å². The summed E-state index contributed by atoms with van der Waals surface area (Å²) in [5, 5.41) is 0. The van der Waals surface area contributed by atoms with Crippen LogP contribution in [0.3, 0.4) is 0 Å². The van der Waals surface area contributed by atoms with Crippen molar-refractivity contribution in [3.05, 3.63) is 0 Å². The van der Waals surface area contributed by atoms with Crippen LogP contribution in [0.25, 0.3) is 0 Å². The van der Waals surface area contributed by atoms with E-state index in [4.69, 9.17) is 4.74 Å². The Labute approximate surface area is 104 Å². The zero-order valence-electron chi connectivity index (χ0n) is 11.2.